The Kier molecular flexibility index (Phi) is 4.23. The average molecular weight is 259 g/mol. The molecular weight excluding hydrogens is 242 g/mol. The van der Waals surface area contributed by atoms with Crippen molar-refractivity contribution in [3.8, 4) is 17.2 Å². The third-order valence-electron chi connectivity index (χ3n) is 2.59. The molecule has 0 aliphatic carbocycles. The number of hydrogen-bond acceptors (Lipinski definition) is 3. The third kappa shape index (κ3) is 3.16. The first-order valence-electron chi connectivity index (χ1n) is 6.33. The lowest BCUT2D eigenvalue weighted by molar-refractivity contribution is 0.323. The molecule has 100 valence electrons. The number of nitrogens with zero attached hydrogens (tertiary/aromatic N) is 1. The number of benzene rings is 1. The molecule has 0 aliphatic heterocycles. The van der Waals surface area contributed by atoms with Gasteiger partial charge in [-0.15, -0.1) is 0 Å². The summed E-state index contributed by atoms with van der Waals surface area (Å²) in [6.07, 6.45) is 1.73. The summed E-state index contributed by atoms with van der Waals surface area (Å²) in [7, 11) is 0. The van der Waals surface area contributed by atoms with Gasteiger partial charge in [-0.1, -0.05) is 6.07 Å². The summed E-state index contributed by atoms with van der Waals surface area (Å²) in [4.78, 5) is 11.8. The van der Waals surface area contributed by atoms with Gasteiger partial charge in [0.05, 0.1) is 18.9 Å². The van der Waals surface area contributed by atoms with Crippen molar-refractivity contribution < 1.29 is 9.47 Å². The fraction of sp³-hybridized carbons (Fsp3) is 0.267. The molecule has 2 aromatic rings. The largest absolute Gasteiger partial charge is 0.494 e. The first-order valence-corrected chi connectivity index (χ1v) is 6.33. The molecule has 0 unspecified atom stereocenters. The van der Waals surface area contributed by atoms with E-state index in [4.69, 9.17) is 9.47 Å². The standard InChI is InChI=1S/C15H17NO3/c1-3-18-13-9-12(10-14(11-13)19-4-2)16-8-6-5-7-15(16)17/h5-11H,3-4H2,1-2H3. The molecule has 2 rings (SSSR count). The highest BCUT2D eigenvalue weighted by Crippen LogP contribution is 2.24. The summed E-state index contributed by atoms with van der Waals surface area (Å²) in [5, 5.41) is 0. The Labute approximate surface area is 112 Å². The van der Waals surface area contributed by atoms with Crippen LogP contribution in [0.15, 0.2) is 47.4 Å². The van der Waals surface area contributed by atoms with Crippen molar-refractivity contribution in [2.45, 2.75) is 13.8 Å². The van der Waals surface area contributed by atoms with Crippen molar-refractivity contribution in [1.29, 1.82) is 0 Å². The molecule has 0 saturated heterocycles. The van der Waals surface area contributed by atoms with Crippen molar-refractivity contribution in [2.75, 3.05) is 13.2 Å². The number of pyridine rings is 1. The van der Waals surface area contributed by atoms with Crippen molar-refractivity contribution in [1.82, 2.24) is 4.57 Å². The van der Waals surface area contributed by atoms with E-state index in [0.717, 1.165) is 5.69 Å². The molecule has 0 bridgehead atoms. The Morgan fingerprint density at radius 3 is 2.16 bits per heavy atom. The van der Waals surface area contributed by atoms with Crippen LogP contribution in [-0.2, 0) is 0 Å². The van der Waals surface area contributed by atoms with E-state index in [1.165, 1.54) is 6.07 Å². The fourth-order valence-electron chi connectivity index (χ4n) is 1.84. The summed E-state index contributed by atoms with van der Waals surface area (Å²) in [6.45, 7) is 4.97. The summed E-state index contributed by atoms with van der Waals surface area (Å²) in [5.41, 5.74) is 0.651. The van der Waals surface area contributed by atoms with E-state index in [-0.39, 0.29) is 5.56 Å². The topological polar surface area (TPSA) is 40.5 Å². The van der Waals surface area contributed by atoms with E-state index in [1.54, 1.807) is 16.8 Å². The number of ether oxygens (including phenoxy) is 2. The Bertz CT molecular complexity index is 580. The minimum atomic E-state index is -0.0846. The monoisotopic (exact) mass is 259 g/mol. The van der Waals surface area contributed by atoms with Crippen LogP contribution in [-0.4, -0.2) is 17.8 Å². The van der Waals surface area contributed by atoms with Gasteiger partial charge in [0, 0.05) is 30.5 Å². The Hall–Kier alpha value is -2.23. The molecule has 0 atom stereocenters. The molecule has 1 aromatic carbocycles. The van der Waals surface area contributed by atoms with E-state index in [2.05, 4.69) is 0 Å². The van der Waals surface area contributed by atoms with Gasteiger partial charge in [0.2, 0.25) is 0 Å². The van der Waals surface area contributed by atoms with Gasteiger partial charge in [-0.3, -0.25) is 9.36 Å². The molecule has 0 amide bonds. The second kappa shape index (κ2) is 6.09. The van der Waals surface area contributed by atoms with Crippen LogP contribution in [0.4, 0.5) is 0 Å². The zero-order valence-corrected chi connectivity index (χ0v) is 11.1. The first kappa shape index (κ1) is 13.2. The molecule has 0 spiro atoms. The average Bonchev–Trinajstić information content (AvgIpc) is 2.40. The molecule has 0 saturated carbocycles. The summed E-state index contributed by atoms with van der Waals surface area (Å²) < 4.78 is 12.6. The van der Waals surface area contributed by atoms with Crippen LogP contribution in [0.1, 0.15) is 13.8 Å². The zero-order valence-electron chi connectivity index (χ0n) is 11.1. The third-order valence-corrected chi connectivity index (χ3v) is 2.59. The Morgan fingerprint density at radius 2 is 1.63 bits per heavy atom. The molecule has 0 radical (unpaired) electrons. The van der Waals surface area contributed by atoms with Crippen molar-refractivity contribution >= 4 is 0 Å². The highest BCUT2D eigenvalue weighted by atomic mass is 16.5. The lowest BCUT2D eigenvalue weighted by Crippen LogP contribution is -2.15. The van der Waals surface area contributed by atoms with Crippen molar-refractivity contribution in [3.05, 3.63) is 52.9 Å². The molecule has 0 N–H and O–H groups in total. The predicted molar refractivity (Wildman–Crippen MR) is 74.4 cm³/mol. The minimum absolute atomic E-state index is 0.0846. The van der Waals surface area contributed by atoms with Crippen LogP contribution in [0, 0.1) is 0 Å². The highest BCUT2D eigenvalue weighted by molar-refractivity contribution is 5.46. The lowest BCUT2D eigenvalue weighted by atomic mass is 10.2. The quantitative estimate of drug-likeness (QED) is 0.828. The van der Waals surface area contributed by atoms with E-state index < -0.39 is 0 Å². The normalized spacial score (nSPS) is 10.2. The zero-order chi connectivity index (χ0) is 13.7. The maximum Gasteiger partial charge on any atom is 0.255 e. The minimum Gasteiger partial charge on any atom is -0.494 e. The van der Waals surface area contributed by atoms with Gasteiger partial charge in [0.25, 0.3) is 5.56 Å². The van der Waals surface area contributed by atoms with Gasteiger partial charge in [-0.25, -0.2) is 0 Å². The maximum absolute atomic E-state index is 11.8. The molecule has 19 heavy (non-hydrogen) atoms. The molecule has 4 heteroatoms. The molecule has 1 heterocycles. The Balaban J connectivity index is 2.50. The summed E-state index contributed by atoms with van der Waals surface area (Å²) in [6, 6.07) is 10.5. The van der Waals surface area contributed by atoms with E-state index >= 15 is 0 Å². The second-order valence-electron chi connectivity index (χ2n) is 3.94. The summed E-state index contributed by atoms with van der Waals surface area (Å²) >= 11 is 0. The van der Waals surface area contributed by atoms with Crippen LogP contribution >= 0.6 is 0 Å². The van der Waals surface area contributed by atoms with Gasteiger partial charge < -0.3 is 9.47 Å². The number of hydrogen-bond donors (Lipinski definition) is 0. The molecular formula is C15H17NO3. The Morgan fingerprint density at radius 1 is 1.00 bits per heavy atom. The molecule has 4 nitrogen and oxygen atoms in total. The van der Waals surface area contributed by atoms with E-state index in [1.807, 2.05) is 38.1 Å². The maximum atomic E-state index is 11.8. The van der Waals surface area contributed by atoms with Crippen LogP contribution in [0.2, 0.25) is 0 Å². The molecule has 0 fully saturated rings. The first-order chi connectivity index (χ1) is 9.24. The van der Waals surface area contributed by atoms with Gasteiger partial charge in [-0.05, 0) is 19.9 Å². The number of rotatable bonds is 5. The second-order valence-corrected chi connectivity index (χ2v) is 3.94. The van der Waals surface area contributed by atoms with Gasteiger partial charge in [0.1, 0.15) is 11.5 Å². The van der Waals surface area contributed by atoms with Crippen LogP contribution < -0.4 is 15.0 Å². The summed E-state index contributed by atoms with van der Waals surface area (Å²) in [5.74, 6) is 1.39. The SMILES string of the molecule is CCOc1cc(OCC)cc(-n2ccccc2=O)c1. The highest BCUT2D eigenvalue weighted by Gasteiger charge is 2.05. The van der Waals surface area contributed by atoms with Crippen LogP contribution in [0.5, 0.6) is 11.5 Å². The van der Waals surface area contributed by atoms with Crippen LogP contribution in [0.3, 0.4) is 0 Å². The van der Waals surface area contributed by atoms with Crippen LogP contribution in [0.25, 0.3) is 5.69 Å². The van der Waals surface area contributed by atoms with Gasteiger partial charge in [0.15, 0.2) is 0 Å². The van der Waals surface area contributed by atoms with Gasteiger partial charge in [-0.2, -0.15) is 0 Å². The van der Waals surface area contributed by atoms with E-state index in [0.29, 0.717) is 24.7 Å². The van der Waals surface area contributed by atoms with Crippen molar-refractivity contribution in [2.24, 2.45) is 0 Å². The van der Waals surface area contributed by atoms with Gasteiger partial charge >= 0.3 is 0 Å². The lowest BCUT2D eigenvalue weighted by Gasteiger charge is -2.12. The predicted octanol–water partition coefficient (Wildman–Crippen LogP) is 2.63. The van der Waals surface area contributed by atoms with Crippen molar-refractivity contribution in [3.63, 3.8) is 0 Å². The number of aromatic nitrogens is 1. The molecule has 1 aromatic heterocycles. The fourth-order valence-corrected chi connectivity index (χ4v) is 1.84. The van der Waals surface area contributed by atoms with E-state index in [9.17, 15) is 4.79 Å². The molecule has 0 aliphatic rings. The smallest absolute Gasteiger partial charge is 0.255 e.